The van der Waals surface area contributed by atoms with E-state index >= 15 is 0 Å². The molecular formula is C13H24N2O2. The van der Waals surface area contributed by atoms with Gasteiger partial charge in [0.05, 0.1) is 0 Å². The van der Waals surface area contributed by atoms with E-state index in [2.05, 4.69) is 5.32 Å². The van der Waals surface area contributed by atoms with Crippen LogP contribution in [-0.4, -0.2) is 36.3 Å². The average Bonchev–Trinajstić information content (AvgIpc) is 2.38. The van der Waals surface area contributed by atoms with E-state index in [1.807, 2.05) is 4.90 Å². The molecule has 2 amide bonds. The van der Waals surface area contributed by atoms with Gasteiger partial charge in [0.25, 0.3) is 0 Å². The van der Waals surface area contributed by atoms with Crippen LogP contribution < -0.4 is 5.32 Å². The Labute approximate surface area is 104 Å². The number of nitrogens with zero attached hydrogens (tertiary/aromatic N) is 1. The first-order valence-electron chi connectivity index (χ1n) is 6.72. The van der Waals surface area contributed by atoms with Crippen LogP contribution in [0.5, 0.6) is 0 Å². The number of amides is 2. The van der Waals surface area contributed by atoms with E-state index in [9.17, 15) is 9.59 Å². The van der Waals surface area contributed by atoms with Gasteiger partial charge in [0.2, 0.25) is 11.8 Å². The largest absolute Gasteiger partial charge is 0.356 e. The van der Waals surface area contributed by atoms with Gasteiger partial charge in [-0.1, -0.05) is 19.3 Å². The summed E-state index contributed by atoms with van der Waals surface area (Å²) in [5.74, 6) is 0.288. The Morgan fingerprint density at radius 3 is 2.71 bits per heavy atom. The highest BCUT2D eigenvalue weighted by Gasteiger charge is 2.13. The Morgan fingerprint density at radius 2 is 1.94 bits per heavy atom. The molecule has 0 saturated carbocycles. The van der Waals surface area contributed by atoms with Crippen LogP contribution in [0.15, 0.2) is 0 Å². The van der Waals surface area contributed by atoms with Gasteiger partial charge in [-0.05, 0) is 19.3 Å². The highest BCUT2D eigenvalue weighted by atomic mass is 16.2. The zero-order valence-electron chi connectivity index (χ0n) is 10.8. The first-order valence-corrected chi connectivity index (χ1v) is 6.72. The van der Waals surface area contributed by atoms with Gasteiger partial charge in [-0.15, -0.1) is 0 Å². The van der Waals surface area contributed by atoms with Crippen molar-refractivity contribution < 1.29 is 9.59 Å². The van der Waals surface area contributed by atoms with Crippen molar-refractivity contribution in [1.82, 2.24) is 10.2 Å². The first kappa shape index (κ1) is 14.0. The van der Waals surface area contributed by atoms with Gasteiger partial charge in [-0.2, -0.15) is 0 Å². The summed E-state index contributed by atoms with van der Waals surface area (Å²) in [5, 5.41) is 2.76. The van der Waals surface area contributed by atoms with Gasteiger partial charge in [0.15, 0.2) is 0 Å². The Morgan fingerprint density at radius 1 is 1.24 bits per heavy atom. The molecule has 4 nitrogen and oxygen atoms in total. The molecule has 0 unspecified atom stereocenters. The first-order chi connectivity index (χ1) is 8.20. The molecule has 4 heteroatoms. The molecule has 0 radical (unpaired) electrons. The van der Waals surface area contributed by atoms with Crippen LogP contribution in [0, 0.1) is 0 Å². The third-order valence-corrected chi connectivity index (χ3v) is 3.15. The van der Waals surface area contributed by atoms with Crippen LogP contribution in [0.4, 0.5) is 0 Å². The van der Waals surface area contributed by atoms with Crippen molar-refractivity contribution in [2.45, 2.75) is 51.9 Å². The standard InChI is InChI=1S/C13H24N2O2/c1-12(16)14-9-7-11-15-10-6-4-2-3-5-8-13(15)17/h2-11H2,1H3,(H,14,16). The van der Waals surface area contributed by atoms with E-state index in [4.69, 9.17) is 0 Å². The molecule has 17 heavy (non-hydrogen) atoms. The smallest absolute Gasteiger partial charge is 0.222 e. The van der Waals surface area contributed by atoms with Gasteiger partial charge in [-0.25, -0.2) is 0 Å². The fourth-order valence-electron chi connectivity index (χ4n) is 2.16. The van der Waals surface area contributed by atoms with Crippen molar-refractivity contribution in [3.05, 3.63) is 0 Å². The van der Waals surface area contributed by atoms with Crippen molar-refractivity contribution in [3.63, 3.8) is 0 Å². The maximum Gasteiger partial charge on any atom is 0.222 e. The lowest BCUT2D eigenvalue weighted by Crippen LogP contribution is -2.34. The number of carbonyl (C=O) groups excluding carboxylic acids is 2. The fraction of sp³-hybridized carbons (Fsp3) is 0.846. The van der Waals surface area contributed by atoms with Crippen LogP contribution in [-0.2, 0) is 9.59 Å². The molecule has 0 atom stereocenters. The fourth-order valence-corrected chi connectivity index (χ4v) is 2.16. The molecular weight excluding hydrogens is 216 g/mol. The Kier molecular flexibility index (Phi) is 6.67. The quantitative estimate of drug-likeness (QED) is 0.760. The van der Waals surface area contributed by atoms with Gasteiger partial charge < -0.3 is 10.2 Å². The van der Waals surface area contributed by atoms with E-state index in [-0.39, 0.29) is 11.8 Å². The van der Waals surface area contributed by atoms with Gasteiger partial charge in [0, 0.05) is 33.0 Å². The number of hydrogen-bond acceptors (Lipinski definition) is 2. The van der Waals surface area contributed by atoms with E-state index < -0.39 is 0 Å². The third kappa shape index (κ3) is 6.29. The van der Waals surface area contributed by atoms with Crippen LogP contribution in [0.2, 0.25) is 0 Å². The zero-order valence-corrected chi connectivity index (χ0v) is 10.8. The Hall–Kier alpha value is -1.06. The van der Waals surface area contributed by atoms with Gasteiger partial charge in [0.1, 0.15) is 0 Å². The van der Waals surface area contributed by atoms with E-state index in [1.165, 1.54) is 26.2 Å². The molecule has 0 aromatic heterocycles. The molecule has 1 aliphatic rings. The van der Waals surface area contributed by atoms with Crippen molar-refractivity contribution in [2.24, 2.45) is 0 Å². The molecule has 1 rings (SSSR count). The summed E-state index contributed by atoms with van der Waals surface area (Å²) in [4.78, 5) is 24.6. The van der Waals surface area contributed by atoms with E-state index in [0.29, 0.717) is 13.0 Å². The van der Waals surface area contributed by atoms with Gasteiger partial charge in [-0.3, -0.25) is 9.59 Å². The topological polar surface area (TPSA) is 49.4 Å². The molecule has 98 valence electrons. The molecule has 1 heterocycles. The summed E-state index contributed by atoms with van der Waals surface area (Å²) >= 11 is 0. The summed E-state index contributed by atoms with van der Waals surface area (Å²) in [6.45, 7) is 3.85. The van der Waals surface area contributed by atoms with Crippen molar-refractivity contribution in [1.29, 1.82) is 0 Å². The summed E-state index contributed by atoms with van der Waals surface area (Å²) in [5.41, 5.74) is 0. The van der Waals surface area contributed by atoms with Crippen LogP contribution >= 0.6 is 0 Å². The summed E-state index contributed by atoms with van der Waals surface area (Å²) < 4.78 is 0. The molecule has 0 aromatic rings. The molecule has 0 bridgehead atoms. The van der Waals surface area contributed by atoms with Crippen molar-refractivity contribution in [3.8, 4) is 0 Å². The van der Waals surface area contributed by atoms with Gasteiger partial charge >= 0.3 is 0 Å². The van der Waals surface area contributed by atoms with Crippen LogP contribution in [0.1, 0.15) is 51.9 Å². The predicted octanol–water partition coefficient (Wildman–Crippen LogP) is 1.70. The van der Waals surface area contributed by atoms with E-state index in [1.54, 1.807) is 0 Å². The van der Waals surface area contributed by atoms with Crippen molar-refractivity contribution >= 4 is 11.8 Å². The molecule has 1 saturated heterocycles. The molecule has 0 spiro atoms. The number of nitrogens with one attached hydrogen (secondary N) is 1. The lowest BCUT2D eigenvalue weighted by molar-refractivity contribution is -0.131. The average molecular weight is 240 g/mol. The zero-order chi connectivity index (χ0) is 12.5. The third-order valence-electron chi connectivity index (χ3n) is 3.15. The second-order valence-corrected chi connectivity index (χ2v) is 4.74. The number of hydrogen-bond donors (Lipinski definition) is 1. The summed E-state index contributed by atoms with van der Waals surface area (Å²) in [6.07, 6.45) is 7.37. The molecule has 1 fully saturated rings. The predicted molar refractivity (Wildman–Crippen MR) is 67.6 cm³/mol. The highest BCUT2D eigenvalue weighted by molar-refractivity contribution is 5.76. The SMILES string of the molecule is CC(=O)NCCCN1CCCCCCCC1=O. The van der Waals surface area contributed by atoms with Crippen LogP contribution in [0.3, 0.4) is 0 Å². The minimum atomic E-state index is 0.000734. The second-order valence-electron chi connectivity index (χ2n) is 4.74. The number of carbonyl (C=O) groups is 2. The van der Waals surface area contributed by atoms with E-state index in [0.717, 1.165) is 32.4 Å². The second kappa shape index (κ2) is 8.09. The lowest BCUT2D eigenvalue weighted by atomic mass is 10.1. The summed E-state index contributed by atoms with van der Waals surface area (Å²) in [6, 6.07) is 0. The Balaban J connectivity index is 2.26. The molecule has 1 aliphatic heterocycles. The van der Waals surface area contributed by atoms with Crippen LogP contribution in [0.25, 0.3) is 0 Å². The molecule has 0 aliphatic carbocycles. The maximum absolute atomic E-state index is 11.9. The minimum absolute atomic E-state index is 0.000734. The Bertz CT molecular complexity index is 254. The monoisotopic (exact) mass is 240 g/mol. The van der Waals surface area contributed by atoms with Crippen molar-refractivity contribution in [2.75, 3.05) is 19.6 Å². The molecule has 1 N–H and O–H groups in total. The minimum Gasteiger partial charge on any atom is -0.356 e. The number of rotatable bonds is 4. The maximum atomic E-state index is 11.9. The molecule has 0 aromatic carbocycles. The highest BCUT2D eigenvalue weighted by Crippen LogP contribution is 2.12. The summed E-state index contributed by atoms with van der Waals surface area (Å²) in [7, 11) is 0. The lowest BCUT2D eigenvalue weighted by Gasteiger charge is -2.22. The normalized spacial score (nSPS) is 18.2.